The van der Waals surface area contributed by atoms with Gasteiger partial charge in [-0.3, -0.25) is 28.8 Å². The predicted octanol–water partition coefficient (Wildman–Crippen LogP) is 1.38. The smallest absolute Gasteiger partial charge is 0.252 e. The molecule has 1 amide bonds. The summed E-state index contributed by atoms with van der Waals surface area (Å²) in [4.78, 5) is 76.5. The van der Waals surface area contributed by atoms with Crippen molar-refractivity contribution in [1.29, 1.82) is 0 Å². The standard InChI is InChI=1S/C27H22ClNO9/c1-38-18-5-2-10(25(28)35)7-14(18)13-3-4-16(30)20-15(13)8-11-6-12-9-17(31)21(26(29)36)24(34)27(12,37)23(33)19(11)22(20)32/h2-5,7,11-12,19,21,30,37H,6,8-9H2,1H3,(H2,29,36)/t11-,12+,19?,21?,27+/m1/s1. The number of hydrogen-bond donors (Lipinski definition) is 3. The zero-order valence-corrected chi connectivity index (χ0v) is 20.8. The van der Waals surface area contributed by atoms with E-state index >= 15 is 0 Å². The molecule has 3 aliphatic carbocycles. The Morgan fingerprint density at radius 3 is 2.39 bits per heavy atom. The van der Waals surface area contributed by atoms with Gasteiger partial charge in [0, 0.05) is 23.5 Å². The minimum Gasteiger partial charge on any atom is -0.507 e. The van der Waals surface area contributed by atoms with Gasteiger partial charge in [0.2, 0.25) is 5.91 Å². The molecule has 11 heteroatoms. The summed E-state index contributed by atoms with van der Waals surface area (Å²) >= 11 is 5.67. The van der Waals surface area contributed by atoms with E-state index in [2.05, 4.69) is 0 Å². The van der Waals surface area contributed by atoms with E-state index in [-0.39, 0.29) is 24.0 Å². The highest BCUT2D eigenvalue weighted by molar-refractivity contribution is 6.67. The first-order valence-corrected chi connectivity index (χ1v) is 12.2. The number of primary amides is 1. The van der Waals surface area contributed by atoms with Crippen molar-refractivity contribution in [2.24, 2.45) is 29.4 Å². The lowest BCUT2D eigenvalue weighted by atomic mass is 9.53. The number of hydrogen-bond acceptors (Lipinski definition) is 9. The van der Waals surface area contributed by atoms with Crippen molar-refractivity contribution in [3.8, 4) is 22.6 Å². The van der Waals surface area contributed by atoms with Crippen molar-refractivity contribution in [3.05, 3.63) is 47.0 Å². The molecule has 0 aromatic heterocycles. The van der Waals surface area contributed by atoms with Crippen molar-refractivity contribution in [2.45, 2.75) is 24.9 Å². The number of carbonyl (C=O) groups excluding carboxylic acids is 6. The Kier molecular flexibility index (Phi) is 6.00. The quantitative estimate of drug-likeness (QED) is 0.382. The number of aromatic hydroxyl groups is 1. The van der Waals surface area contributed by atoms with E-state index in [1.807, 2.05) is 0 Å². The lowest BCUT2D eigenvalue weighted by molar-refractivity contribution is -0.175. The van der Waals surface area contributed by atoms with E-state index in [1.54, 1.807) is 6.07 Å². The molecule has 0 bridgehead atoms. The molecular weight excluding hydrogens is 518 g/mol. The third-order valence-electron chi connectivity index (χ3n) is 8.00. The van der Waals surface area contributed by atoms with Crippen molar-refractivity contribution in [1.82, 2.24) is 0 Å². The number of phenols is 1. The number of ether oxygens (including phenoxy) is 1. The monoisotopic (exact) mass is 539 g/mol. The second-order valence-corrected chi connectivity index (χ2v) is 10.3. The van der Waals surface area contributed by atoms with Gasteiger partial charge in [0.1, 0.15) is 11.5 Å². The second kappa shape index (κ2) is 8.85. The first-order chi connectivity index (χ1) is 17.9. The van der Waals surface area contributed by atoms with Gasteiger partial charge in [0.15, 0.2) is 34.7 Å². The maximum Gasteiger partial charge on any atom is 0.252 e. The molecule has 2 aromatic rings. The van der Waals surface area contributed by atoms with Crippen molar-refractivity contribution < 1.29 is 43.7 Å². The molecule has 0 spiro atoms. The molecule has 2 aromatic carbocycles. The predicted molar refractivity (Wildman–Crippen MR) is 131 cm³/mol. The Bertz CT molecular complexity index is 1480. The third kappa shape index (κ3) is 3.51. The van der Waals surface area contributed by atoms with Gasteiger partial charge >= 0.3 is 0 Å². The largest absolute Gasteiger partial charge is 0.507 e. The Morgan fingerprint density at radius 1 is 1.05 bits per heavy atom. The number of benzene rings is 2. The Balaban J connectivity index is 1.65. The number of rotatable bonds is 4. The molecule has 3 aliphatic rings. The minimum absolute atomic E-state index is 0.0342. The van der Waals surface area contributed by atoms with Gasteiger partial charge in [-0.05, 0) is 65.8 Å². The summed E-state index contributed by atoms with van der Waals surface area (Å²) < 4.78 is 5.44. The van der Waals surface area contributed by atoms with Crippen molar-refractivity contribution in [3.63, 3.8) is 0 Å². The van der Waals surface area contributed by atoms with Crippen LogP contribution in [-0.4, -0.2) is 57.2 Å². The summed E-state index contributed by atoms with van der Waals surface area (Å²) in [5.74, 6) is -10.6. The average Bonchev–Trinajstić information content (AvgIpc) is 2.85. The topological polar surface area (TPSA) is 178 Å². The lowest BCUT2D eigenvalue weighted by Crippen LogP contribution is -2.68. The molecule has 0 radical (unpaired) electrons. The normalized spacial score (nSPS) is 28.3. The maximum absolute atomic E-state index is 13.7. The van der Waals surface area contributed by atoms with E-state index in [9.17, 15) is 39.0 Å². The van der Waals surface area contributed by atoms with Crippen LogP contribution in [0.5, 0.6) is 11.5 Å². The Labute approximate surface area is 220 Å². The number of fused-ring (bicyclic) bond motifs is 3. The van der Waals surface area contributed by atoms with E-state index in [0.29, 0.717) is 22.4 Å². The fraction of sp³-hybridized carbons (Fsp3) is 0.333. The van der Waals surface area contributed by atoms with Crippen LogP contribution in [0.4, 0.5) is 0 Å². The number of aliphatic hydroxyl groups is 1. The van der Waals surface area contributed by atoms with Crippen LogP contribution < -0.4 is 10.5 Å². The first kappa shape index (κ1) is 25.7. The first-order valence-electron chi connectivity index (χ1n) is 11.8. The van der Waals surface area contributed by atoms with Crippen molar-refractivity contribution in [2.75, 3.05) is 7.11 Å². The highest BCUT2D eigenvalue weighted by atomic mass is 35.5. The molecule has 38 heavy (non-hydrogen) atoms. The van der Waals surface area contributed by atoms with E-state index in [0.717, 1.165) is 0 Å². The zero-order chi connectivity index (χ0) is 27.7. The van der Waals surface area contributed by atoms with Crippen molar-refractivity contribution >= 4 is 45.9 Å². The lowest BCUT2D eigenvalue weighted by Gasteiger charge is -2.48. The van der Waals surface area contributed by atoms with Gasteiger partial charge in [-0.15, -0.1) is 0 Å². The highest BCUT2D eigenvalue weighted by Gasteiger charge is 2.66. The molecule has 0 saturated heterocycles. The second-order valence-electron chi connectivity index (χ2n) is 9.91. The molecular formula is C27H22ClNO9. The molecule has 2 saturated carbocycles. The van der Waals surface area contributed by atoms with Gasteiger partial charge in [0.05, 0.1) is 18.6 Å². The van der Waals surface area contributed by atoms with E-state index in [1.165, 1.54) is 31.4 Å². The summed E-state index contributed by atoms with van der Waals surface area (Å²) in [5.41, 5.74) is 3.76. The molecule has 0 heterocycles. The number of nitrogens with two attached hydrogens (primary N) is 1. The van der Waals surface area contributed by atoms with Crippen LogP contribution in [-0.2, 0) is 25.6 Å². The number of Topliss-reactive ketones (excluding diaryl/α,β-unsaturated/α-hetero) is 4. The van der Waals surface area contributed by atoms with Crippen LogP contribution in [0.3, 0.4) is 0 Å². The van der Waals surface area contributed by atoms with E-state index < -0.39 is 75.7 Å². The molecule has 5 atom stereocenters. The molecule has 5 rings (SSSR count). The fourth-order valence-electron chi connectivity index (χ4n) is 6.26. The number of methoxy groups -OCH3 is 1. The highest BCUT2D eigenvalue weighted by Crippen LogP contribution is 2.51. The number of ketones is 4. The summed E-state index contributed by atoms with van der Waals surface area (Å²) in [5, 5.41) is 21.2. The van der Waals surface area contributed by atoms with E-state index in [4.69, 9.17) is 22.1 Å². The van der Waals surface area contributed by atoms with Crippen LogP contribution in [0.25, 0.3) is 11.1 Å². The third-order valence-corrected chi connectivity index (χ3v) is 8.22. The van der Waals surface area contributed by atoms with Crippen LogP contribution in [0.15, 0.2) is 30.3 Å². The molecule has 2 unspecified atom stereocenters. The van der Waals surface area contributed by atoms with Crippen LogP contribution in [0, 0.1) is 23.7 Å². The molecule has 10 nitrogen and oxygen atoms in total. The van der Waals surface area contributed by atoms with Crippen LogP contribution in [0.2, 0.25) is 0 Å². The van der Waals surface area contributed by atoms with Gasteiger partial charge in [-0.2, -0.15) is 0 Å². The molecule has 0 aliphatic heterocycles. The summed E-state index contributed by atoms with van der Waals surface area (Å²) in [6.07, 6.45) is -0.377. The van der Waals surface area contributed by atoms with Gasteiger partial charge < -0.3 is 20.7 Å². The van der Waals surface area contributed by atoms with Gasteiger partial charge in [-0.25, -0.2) is 0 Å². The zero-order valence-electron chi connectivity index (χ0n) is 20.0. The number of halogens is 1. The minimum atomic E-state index is -2.71. The van der Waals surface area contributed by atoms with Gasteiger partial charge in [0.25, 0.3) is 5.24 Å². The fourth-order valence-corrected chi connectivity index (χ4v) is 6.38. The van der Waals surface area contributed by atoms with Crippen LogP contribution in [0.1, 0.15) is 39.1 Å². The number of phenolic OH excluding ortho intramolecular Hbond substituents is 1. The molecule has 4 N–H and O–H groups in total. The molecule has 196 valence electrons. The maximum atomic E-state index is 13.7. The summed E-state index contributed by atoms with van der Waals surface area (Å²) in [7, 11) is 1.42. The number of amides is 1. The summed E-state index contributed by atoms with van der Waals surface area (Å²) in [6.45, 7) is 0. The summed E-state index contributed by atoms with van der Waals surface area (Å²) in [6, 6.07) is 7.32. The van der Waals surface area contributed by atoms with Gasteiger partial charge in [-0.1, -0.05) is 6.07 Å². The average molecular weight is 540 g/mol. The number of carbonyl (C=O) groups is 6. The SMILES string of the molecule is COc1ccc(C(=O)Cl)cc1-c1ccc(O)c2c1C[C@H]1C[C@H]3CC(=O)C(C(N)=O)C(=O)[C@@]3(O)C(=O)C1C2=O. The Hall–Kier alpha value is -3.89. The molecule has 2 fully saturated rings. The van der Waals surface area contributed by atoms with Crippen LogP contribution >= 0.6 is 11.6 Å². The Morgan fingerprint density at radius 2 is 1.76 bits per heavy atom.